The molecule has 12 heteroatoms. The number of aromatic amines is 1. The Labute approximate surface area is 203 Å². The maximum absolute atomic E-state index is 14.7. The zero-order valence-electron chi connectivity index (χ0n) is 19.3. The molecule has 8 nitrogen and oxygen atoms in total. The molecule has 0 radical (unpaired) electrons. The van der Waals surface area contributed by atoms with E-state index in [9.17, 15) is 27.2 Å². The monoisotopic (exact) mass is 504 g/mol. The highest BCUT2D eigenvalue weighted by atomic mass is 19.3. The number of nitrogens with one attached hydrogen (secondary N) is 2. The number of H-pyrrole nitrogens is 1. The van der Waals surface area contributed by atoms with Crippen molar-refractivity contribution in [1.29, 1.82) is 0 Å². The van der Waals surface area contributed by atoms with E-state index in [1.165, 1.54) is 35.1 Å². The van der Waals surface area contributed by atoms with E-state index >= 15 is 0 Å². The van der Waals surface area contributed by atoms with Crippen molar-refractivity contribution in [2.75, 3.05) is 18.4 Å². The van der Waals surface area contributed by atoms with Gasteiger partial charge < -0.3 is 4.98 Å². The van der Waals surface area contributed by atoms with Gasteiger partial charge in [-0.3, -0.25) is 19.8 Å². The minimum absolute atomic E-state index is 0.0144. The third-order valence-electron chi connectivity index (χ3n) is 6.99. The molecule has 36 heavy (non-hydrogen) atoms. The summed E-state index contributed by atoms with van der Waals surface area (Å²) in [5.41, 5.74) is 0.198. The van der Waals surface area contributed by atoms with E-state index in [2.05, 4.69) is 20.4 Å². The van der Waals surface area contributed by atoms with Crippen LogP contribution in [0.3, 0.4) is 0 Å². The number of hydrogen-bond donors (Lipinski definition) is 2. The van der Waals surface area contributed by atoms with Crippen molar-refractivity contribution in [3.05, 3.63) is 75.5 Å². The molecule has 0 saturated carbocycles. The van der Waals surface area contributed by atoms with Gasteiger partial charge in [-0.15, -0.1) is 5.10 Å². The first-order chi connectivity index (χ1) is 17.1. The molecule has 190 valence electrons. The van der Waals surface area contributed by atoms with Crippen LogP contribution in [-0.2, 0) is 11.2 Å². The summed E-state index contributed by atoms with van der Waals surface area (Å²) in [5, 5.41) is 6.95. The van der Waals surface area contributed by atoms with E-state index in [0.717, 1.165) is 6.07 Å². The van der Waals surface area contributed by atoms with Gasteiger partial charge in [0.25, 0.3) is 5.92 Å². The van der Waals surface area contributed by atoms with Gasteiger partial charge in [-0.05, 0) is 25.0 Å². The van der Waals surface area contributed by atoms with Gasteiger partial charge in [-0.25, -0.2) is 22.2 Å². The molecule has 0 bridgehead atoms. The second kappa shape index (κ2) is 9.16. The lowest BCUT2D eigenvalue weighted by Gasteiger charge is -2.40. The Balaban J connectivity index is 1.29. The van der Waals surface area contributed by atoms with E-state index in [4.69, 9.17) is 0 Å². The van der Waals surface area contributed by atoms with Gasteiger partial charge in [0, 0.05) is 49.8 Å². The van der Waals surface area contributed by atoms with Crippen molar-refractivity contribution >= 4 is 11.9 Å². The zero-order valence-corrected chi connectivity index (χ0v) is 19.3. The average molecular weight is 504 g/mol. The van der Waals surface area contributed by atoms with Gasteiger partial charge in [0.15, 0.2) is 0 Å². The normalized spacial score (nSPS) is 22.2. The zero-order chi connectivity index (χ0) is 25.6. The summed E-state index contributed by atoms with van der Waals surface area (Å²) >= 11 is 0. The molecule has 0 aliphatic carbocycles. The molecule has 2 aliphatic rings. The molecule has 5 rings (SSSR count). The fourth-order valence-electron chi connectivity index (χ4n) is 4.92. The van der Waals surface area contributed by atoms with Crippen LogP contribution in [0.2, 0.25) is 0 Å². The Morgan fingerprint density at radius 2 is 2.06 bits per heavy atom. The molecule has 1 saturated heterocycles. The third-order valence-corrected chi connectivity index (χ3v) is 6.99. The molecule has 2 aromatic heterocycles. The van der Waals surface area contributed by atoms with Crippen LogP contribution in [0.25, 0.3) is 0 Å². The van der Waals surface area contributed by atoms with Crippen molar-refractivity contribution in [2.24, 2.45) is 0 Å². The molecule has 2 aliphatic heterocycles. The molecule has 0 spiro atoms. The molecule has 3 aromatic rings. The fraction of sp³-hybridized carbons (Fsp3) is 0.417. The maximum Gasteiger partial charge on any atom is 0.257 e. The molecule has 2 N–H and O–H groups in total. The number of fused-ring (bicyclic) bond motifs is 1. The van der Waals surface area contributed by atoms with Crippen LogP contribution in [0, 0.1) is 11.6 Å². The van der Waals surface area contributed by atoms with Crippen molar-refractivity contribution < 1.29 is 22.4 Å². The standard InChI is InChI=1S/C24H24F4N6O2/c1-13(33-9-8-24(27,28)17(12-33)14-2-7-21(35)29-11-14)22(36)31-23-30-20-6-5-19(34(20)32-23)16-4-3-15(25)10-18(16)26/h2-4,7,10-11,13,17,19H,5-6,8-9,12H2,1H3,(H,29,35)(H,31,32,36)/t13-,17+,19?/m0/s1. The van der Waals surface area contributed by atoms with E-state index in [1.807, 2.05) is 0 Å². The highest BCUT2D eigenvalue weighted by molar-refractivity contribution is 5.93. The molecule has 1 fully saturated rings. The number of anilines is 1. The van der Waals surface area contributed by atoms with Crippen LogP contribution in [-0.4, -0.2) is 55.6 Å². The van der Waals surface area contributed by atoms with Crippen molar-refractivity contribution in [3.63, 3.8) is 0 Å². The number of nitrogens with zero attached hydrogens (tertiary/aromatic N) is 4. The van der Waals surface area contributed by atoms with Gasteiger partial charge in [0.1, 0.15) is 17.5 Å². The minimum atomic E-state index is -2.98. The number of alkyl halides is 2. The maximum atomic E-state index is 14.7. The Kier molecular flexibility index (Phi) is 6.15. The van der Waals surface area contributed by atoms with Crippen LogP contribution in [0.4, 0.5) is 23.5 Å². The van der Waals surface area contributed by atoms with Crippen LogP contribution in [0.15, 0.2) is 41.3 Å². The first kappa shape index (κ1) is 24.2. The predicted molar refractivity (Wildman–Crippen MR) is 122 cm³/mol. The quantitative estimate of drug-likeness (QED) is 0.521. The lowest BCUT2D eigenvalue weighted by Crippen LogP contribution is -2.52. The summed E-state index contributed by atoms with van der Waals surface area (Å²) < 4.78 is 58.5. The van der Waals surface area contributed by atoms with Crippen LogP contribution in [0.1, 0.15) is 48.7 Å². The van der Waals surface area contributed by atoms with Gasteiger partial charge in [-0.2, -0.15) is 4.98 Å². The Bertz CT molecular complexity index is 1340. The lowest BCUT2D eigenvalue weighted by molar-refractivity contribution is -0.125. The second-order valence-electron chi connectivity index (χ2n) is 9.23. The number of hydrogen-bond acceptors (Lipinski definition) is 5. The van der Waals surface area contributed by atoms with Crippen molar-refractivity contribution in [2.45, 2.75) is 50.1 Å². The largest absolute Gasteiger partial charge is 0.329 e. The minimum Gasteiger partial charge on any atom is -0.329 e. The van der Waals surface area contributed by atoms with E-state index in [-0.39, 0.29) is 30.2 Å². The number of carbonyl (C=O) groups is 1. The first-order valence-electron chi connectivity index (χ1n) is 11.6. The molecule has 4 heterocycles. The van der Waals surface area contributed by atoms with E-state index < -0.39 is 47.9 Å². The van der Waals surface area contributed by atoms with Crippen LogP contribution in [0.5, 0.6) is 0 Å². The van der Waals surface area contributed by atoms with E-state index in [0.29, 0.717) is 24.2 Å². The number of rotatable bonds is 5. The molecule has 1 unspecified atom stereocenters. The smallest absolute Gasteiger partial charge is 0.257 e. The predicted octanol–water partition coefficient (Wildman–Crippen LogP) is 3.23. The molecule has 1 amide bonds. The molecule has 3 atom stereocenters. The number of amides is 1. The fourth-order valence-corrected chi connectivity index (χ4v) is 4.92. The number of benzene rings is 1. The van der Waals surface area contributed by atoms with Gasteiger partial charge >= 0.3 is 0 Å². The molecular weight excluding hydrogens is 480 g/mol. The number of aryl methyl sites for hydroxylation is 1. The van der Waals surface area contributed by atoms with Gasteiger partial charge in [0.2, 0.25) is 17.4 Å². The topological polar surface area (TPSA) is 95.9 Å². The Morgan fingerprint density at radius 1 is 1.25 bits per heavy atom. The summed E-state index contributed by atoms with van der Waals surface area (Å²) in [6, 6.07) is 4.72. The third kappa shape index (κ3) is 4.52. The first-order valence-corrected chi connectivity index (χ1v) is 11.6. The Hall–Kier alpha value is -3.54. The summed E-state index contributed by atoms with van der Waals surface area (Å²) in [6.45, 7) is 1.55. The molecule has 1 aromatic carbocycles. The van der Waals surface area contributed by atoms with Crippen LogP contribution >= 0.6 is 0 Å². The van der Waals surface area contributed by atoms with Crippen molar-refractivity contribution in [3.8, 4) is 0 Å². The highest BCUT2D eigenvalue weighted by Gasteiger charge is 2.46. The summed E-state index contributed by atoms with van der Waals surface area (Å²) in [7, 11) is 0. The number of halogens is 4. The van der Waals surface area contributed by atoms with E-state index in [1.54, 1.807) is 11.8 Å². The lowest BCUT2D eigenvalue weighted by atomic mass is 9.87. The van der Waals surface area contributed by atoms with Crippen molar-refractivity contribution in [1.82, 2.24) is 24.6 Å². The Morgan fingerprint density at radius 3 is 2.78 bits per heavy atom. The summed E-state index contributed by atoms with van der Waals surface area (Å²) in [5.74, 6) is -5.39. The van der Waals surface area contributed by atoms with Gasteiger partial charge in [-0.1, -0.05) is 12.1 Å². The highest BCUT2D eigenvalue weighted by Crippen LogP contribution is 2.40. The average Bonchev–Trinajstić information content (AvgIpc) is 3.40. The summed E-state index contributed by atoms with van der Waals surface area (Å²) in [4.78, 5) is 32.7. The van der Waals surface area contributed by atoms with Gasteiger partial charge in [0.05, 0.1) is 18.0 Å². The summed E-state index contributed by atoms with van der Waals surface area (Å²) in [6.07, 6.45) is 1.89. The number of likely N-dealkylation sites (tertiary alicyclic amines) is 1. The number of pyridine rings is 1. The van der Waals surface area contributed by atoms with Crippen LogP contribution < -0.4 is 10.9 Å². The number of piperidine rings is 1. The SMILES string of the molecule is C[C@@H](C(=O)Nc1nc2n(n1)C(c1ccc(F)cc1F)CC2)N1CCC(F)(F)[C@@H](c2ccc(=O)[nH]c2)C1. The number of carbonyl (C=O) groups excluding carboxylic acids is 1. The number of aromatic nitrogens is 4. The molecular formula is C24H24F4N6O2. The second-order valence-corrected chi connectivity index (χ2v) is 9.23.